The fourth-order valence-corrected chi connectivity index (χ4v) is 3.52. The molecule has 0 aromatic heterocycles. The predicted octanol–water partition coefficient (Wildman–Crippen LogP) is 1.12. The minimum absolute atomic E-state index is 0.250. The Hall–Kier alpha value is -0.0800. The fourth-order valence-electron chi connectivity index (χ4n) is 3.52. The second-order valence-corrected chi connectivity index (χ2v) is 5.00. The zero-order valence-electron chi connectivity index (χ0n) is 7.92. The Kier molecular flexibility index (Phi) is 1.25. The highest BCUT2D eigenvalue weighted by Gasteiger charge is 2.58. The maximum atomic E-state index is 6.05. The van der Waals surface area contributed by atoms with Crippen LogP contribution in [0.4, 0.5) is 0 Å². The first-order chi connectivity index (χ1) is 5.69. The lowest BCUT2D eigenvalue weighted by atomic mass is 9.75. The van der Waals surface area contributed by atoms with Gasteiger partial charge >= 0.3 is 0 Å². The van der Waals surface area contributed by atoms with E-state index in [0.29, 0.717) is 6.10 Å². The second kappa shape index (κ2) is 2.05. The van der Waals surface area contributed by atoms with Gasteiger partial charge in [-0.25, -0.2) is 0 Å². The van der Waals surface area contributed by atoms with Crippen LogP contribution in [0, 0.1) is 11.8 Å². The molecule has 3 heterocycles. The van der Waals surface area contributed by atoms with Crippen LogP contribution in [0.25, 0.3) is 0 Å². The Balaban J connectivity index is 1.93. The molecule has 0 N–H and O–H groups in total. The van der Waals surface area contributed by atoms with Crippen LogP contribution in [-0.4, -0.2) is 36.7 Å². The Morgan fingerprint density at radius 1 is 1.42 bits per heavy atom. The Morgan fingerprint density at radius 3 is 3.00 bits per heavy atom. The van der Waals surface area contributed by atoms with Gasteiger partial charge in [-0.3, -0.25) is 0 Å². The summed E-state index contributed by atoms with van der Waals surface area (Å²) in [5, 5.41) is 0. The molecule has 4 unspecified atom stereocenters. The third-order valence-electron chi connectivity index (χ3n) is 4.16. The highest BCUT2D eigenvalue weighted by atomic mass is 16.5. The van der Waals surface area contributed by atoms with E-state index < -0.39 is 0 Å². The van der Waals surface area contributed by atoms with Gasteiger partial charge < -0.3 is 9.64 Å². The van der Waals surface area contributed by atoms with E-state index in [-0.39, 0.29) is 5.60 Å². The van der Waals surface area contributed by atoms with E-state index in [0.717, 1.165) is 11.8 Å². The van der Waals surface area contributed by atoms with Gasteiger partial charge in [0.2, 0.25) is 0 Å². The van der Waals surface area contributed by atoms with E-state index >= 15 is 0 Å². The molecule has 0 radical (unpaired) electrons. The van der Waals surface area contributed by atoms with E-state index in [1.165, 1.54) is 25.9 Å². The largest absolute Gasteiger partial charge is 0.371 e. The van der Waals surface area contributed by atoms with Crippen molar-refractivity contribution in [1.82, 2.24) is 4.90 Å². The highest BCUT2D eigenvalue weighted by Crippen LogP contribution is 2.53. The molecule has 2 bridgehead atoms. The minimum Gasteiger partial charge on any atom is -0.371 e. The molecule has 0 saturated carbocycles. The molecule has 4 atom stereocenters. The van der Waals surface area contributed by atoms with Gasteiger partial charge in [-0.2, -0.15) is 0 Å². The van der Waals surface area contributed by atoms with Gasteiger partial charge in [0, 0.05) is 24.9 Å². The van der Waals surface area contributed by atoms with E-state index in [1.54, 1.807) is 0 Å². The molecule has 2 nitrogen and oxygen atoms in total. The van der Waals surface area contributed by atoms with Crippen molar-refractivity contribution in [3.8, 4) is 0 Å². The molecule has 3 fully saturated rings. The number of hydrogen-bond donors (Lipinski definition) is 0. The lowest BCUT2D eigenvalue weighted by molar-refractivity contribution is -0.00145. The molecule has 0 aromatic rings. The topological polar surface area (TPSA) is 12.5 Å². The van der Waals surface area contributed by atoms with Crippen LogP contribution in [0.3, 0.4) is 0 Å². The van der Waals surface area contributed by atoms with Gasteiger partial charge in [0.15, 0.2) is 0 Å². The third kappa shape index (κ3) is 0.728. The Morgan fingerprint density at radius 2 is 2.25 bits per heavy atom. The summed E-state index contributed by atoms with van der Waals surface area (Å²) in [5.41, 5.74) is 0.250. The van der Waals surface area contributed by atoms with Gasteiger partial charge in [-0.05, 0) is 26.8 Å². The number of rotatable bonds is 0. The van der Waals surface area contributed by atoms with Crippen LogP contribution in [0.15, 0.2) is 0 Å². The first-order valence-corrected chi connectivity index (χ1v) is 5.05. The van der Waals surface area contributed by atoms with E-state index in [9.17, 15) is 0 Å². The van der Waals surface area contributed by atoms with Gasteiger partial charge in [0.05, 0.1) is 11.7 Å². The van der Waals surface area contributed by atoms with Crippen LogP contribution in [0.2, 0.25) is 0 Å². The predicted molar refractivity (Wildman–Crippen MR) is 47.0 cm³/mol. The second-order valence-electron chi connectivity index (χ2n) is 5.00. The molecule has 3 aliphatic rings. The molecular weight excluding hydrogens is 150 g/mol. The minimum atomic E-state index is 0.250. The molecule has 0 spiro atoms. The van der Waals surface area contributed by atoms with Crippen LogP contribution in [-0.2, 0) is 4.74 Å². The van der Waals surface area contributed by atoms with Gasteiger partial charge in [0.25, 0.3) is 0 Å². The molecule has 3 aliphatic heterocycles. The van der Waals surface area contributed by atoms with Crippen molar-refractivity contribution >= 4 is 0 Å². The fraction of sp³-hybridized carbons (Fsp3) is 1.00. The summed E-state index contributed by atoms with van der Waals surface area (Å²) in [6, 6.07) is 0. The van der Waals surface area contributed by atoms with E-state index in [1.807, 2.05) is 0 Å². The van der Waals surface area contributed by atoms with Crippen molar-refractivity contribution in [3.05, 3.63) is 0 Å². The van der Waals surface area contributed by atoms with Crippen molar-refractivity contribution in [3.63, 3.8) is 0 Å². The molecular formula is C10H17NO. The number of fused-ring (bicyclic) bond motifs is 5. The zero-order valence-corrected chi connectivity index (χ0v) is 7.92. The normalized spacial score (nSPS) is 58.0. The summed E-state index contributed by atoms with van der Waals surface area (Å²) < 4.78 is 6.05. The molecule has 3 saturated heterocycles. The summed E-state index contributed by atoms with van der Waals surface area (Å²) in [4.78, 5) is 2.47. The van der Waals surface area contributed by atoms with Crippen molar-refractivity contribution < 1.29 is 4.74 Å². The molecule has 3 rings (SSSR count). The summed E-state index contributed by atoms with van der Waals surface area (Å²) >= 11 is 0. The van der Waals surface area contributed by atoms with Crippen molar-refractivity contribution in [2.45, 2.75) is 31.5 Å². The molecule has 0 aromatic carbocycles. The van der Waals surface area contributed by atoms with Crippen molar-refractivity contribution in [1.29, 1.82) is 0 Å². The van der Waals surface area contributed by atoms with Crippen LogP contribution in [0.1, 0.15) is 19.8 Å². The lowest BCUT2D eigenvalue weighted by Gasteiger charge is -2.28. The third-order valence-corrected chi connectivity index (χ3v) is 4.16. The summed E-state index contributed by atoms with van der Waals surface area (Å²) in [6.45, 7) is 4.85. The molecule has 2 heteroatoms. The summed E-state index contributed by atoms with van der Waals surface area (Å²) in [5.74, 6) is 1.69. The van der Waals surface area contributed by atoms with Gasteiger partial charge in [-0.15, -0.1) is 0 Å². The smallest absolute Gasteiger partial charge is 0.0703 e. The van der Waals surface area contributed by atoms with Crippen molar-refractivity contribution in [2.75, 3.05) is 20.1 Å². The average Bonchev–Trinajstić information content (AvgIpc) is 2.57. The van der Waals surface area contributed by atoms with E-state index in [4.69, 9.17) is 4.74 Å². The SMILES string of the molecule is CN1CC2C3CCC(C)(O3)C2C1. The zero-order chi connectivity index (χ0) is 8.34. The maximum absolute atomic E-state index is 6.05. The summed E-state index contributed by atoms with van der Waals surface area (Å²) in [6.07, 6.45) is 3.21. The summed E-state index contributed by atoms with van der Waals surface area (Å²) in [7, 11) is 2.24. The standard InChI is InChI=1S/C10H17NO/c1-10-4-3-9(12-10)7-5-11(2)6-8(7)10/h7-9H,3-6H2,1-2H3. The van der Waals surface area contributed by atoms with Crippen LogP contribution < -0.4 is 0 Å². The number of nitrogens with zero attached hydrogens (tertiary/aromatic N) is 1. The van der Waals surface area contributed by atoms with Crippen LogP contribution >= 0.6 is 0 Å². The molecule has 0 amide bonds. The van der Waals surface area contributed by atoms with Crippen molar-refractivity contribution in [2.24, 2.45) is 11.8 Å². The number of likely N-dealkylation sites (tertiary alicyclic amines) is 1. The monoisotopic (exact) mass is 167 g/mol. The number of hydrogen-bond acceptors (Lipinski definition) is 2. The first-order valence-electron chi connectivity index (χ1n) is 5.05. The highest BCUT2D eigenvalue weighted by molar-refractivity contribution is 5.08. The average molecular weight is 167 g/mol. The van der Waals surface area contributed by atoms with E-state index in [2.05, 4.69) is 18.9 Å². The Bertz CT molecular complexity index is 218. The van der Waals surface area contributed by atoms with Gasteiger partial charge in [-0.1, -0.05) is 0 Å². The first kappa shape index (κ1) is 7.34. The quantitative estimate of drug-likeness (QED) is 0.536. The van der Waals surface area contributed by atoms with Crippen LogP contribution in [0.5, 0.6) is 0 Å². The molecule has 68 valence electrons. The molecule has 0 aliphatic carbocycles. The molecule has 12 heavy (non-hydrogen) atoms. The number of ether oxygens (including phenoxy) is 1. The maximum Gasteiger partial charge on any atom is 0.0703 e. The lowest BCUT2D eigenvalue weighted by Crippen LogP contribution is -2.34. The van der Waals surface area contributed by atoms with Gasteiger partial charge in [0.1, 0.15) is 0 Å². The Labute approximate surface area is 73.9 Å².